The van der Waals surface area contributed by atoms with Gasteiger partial charge in [-0.1, -0.05) is 51.1 Å². The molecule has 0 saturated carbocycles. The number of carbonyl (C=O) groups excluding carboxylic acids is 4. The highest BCUT2D eigenvalue weighted by atomic mass is 16.6. The molecular formula is C34H39N3O6. The average Bonchev–Trinajstić information content (AvgIpc) is 2.95. The zero-order chi connectivity index (χ0) is 31.5. The van der Waals surface area contributed by atoms with Crippen molar-refractivity contribution >= 4 is 23.8 Å². The smallest absolute Gasteiger partial charge is 0.410 e. The number of nitrogens with zero attached hydrogens (tertiary/aromatic N) is 2. The maximum Gasteiger partial charge on any atom is 0.410 e. The lowest BCUT2D eigenvalue weighted by atomic mass is 9.86. The van der Waals surface area contributed by atoms with Crippen LogP contribution >= 0.6 is 0 Å². The molecule has 226 valence electrons. The Bertz CT molecular complexity index is 1520. The quantitative estimate of drug-likeness (QED) is 0.384. The SMILES string of the molecule is CC(C)(C)OC(=O)N1CCN(C(=O)c2ccc(-c3cccc(O)c3)cc2C(=O)NC(=O)c2ccc(C(C)(C)C)cc2)CC1. The predicted octanol–water partition coefficient (Wildman–Crippen LogP) is 5.62. The molecule has 9 nitrogen and oxygen atoms in total. The summed E-state index contributed by atoms with van der Waals surface area (Å²) in [6.07, 6.45) is -0.441. The van der Waals surface area contributed by atoms with Crippen LogP contribution in [0.5, 0.6) is 5.75 Å². The van der Waals surface area contributed by atoms with Gasteiger partial charge in [0.05, 0.1) is 11.1 Å². The number of hydrogen-bond acceptors (Lipinski definition) is 6. The second-order valence-electron chi connectivity index (χ2n) is 12.7. The van der Waals surface area contributed by atoms with E-state index in [0.29, 0.717) is 16.7 Å². The number of benzene rings is 3. The van der Waals surface area contributed by atoms with Crippen LogP contribution in [0, 0.1) is 0 Å². The molecule has 0 radical (unpaired) electrons. The van der Waals surface area contributed by atoms with Crippen molar-refractivity contribution in [2.75, 3.05) is 26.2 Å². The van der Waals surface area contributed by atoms with Gasteiger partial charge in [-0.15, -0.1) is 0 Å². The van der Waals surface area contributed by atoms with E-state index in [9.17, 15) is 24.3 Å². The number of imide groups is 1. The van der Waals surface area contributed by atoms with E-state index in [4.69, 9.17) is 4.74 Å². The van der Waals surface area contributed by atoms with Crippen LogP contribution in [0.4, 0.5) is 4.79 Å². The number of amides is 4. The van der Waals surface area contributed by atoms with Crippen molar-refractivity contribution < 1.29 is 29.0 Å². The van der Waals surface area contributed by atoms with Gasteiger partial charge in [-0.3, -0.25) is 19.7 Å². The summed E-state index contributed by atoms with van der Waals surface area (Å²) < 4.78 is 5.45. The monoisotopic (exact) mass is 585 g/mol. The average molecular weight is 586 g/mol. The van der Waals surface area contributed by atoms with Gasteiger partial charge in [0.1, 0.15) is 11.4 Å². The van der Waals surface area contributed by atoms with Gasteiger partial charge in [-0.05, 0) is 79.3 Å². The lowest BCUT2D eigenvalue weighted by molar-refractivity contribution is 0.0141. The molecule has 3 aromatic carbocycles. The van der Waals surface area contributed by atoms with Crippen LogP contribution in [0.2, 0.25) is 0 Å². The molecule has 3 aromatic rings. The first-order valence-corrected chi connectivity index (χ1v) is 14.3. The highest BCUT2D eigenvalue weighted by Crippen LogP contribution is 2.27. The first kappa shape index (κ1) is 31.3. The number of nitrogens with one attached hydrogen (secondary N) is 1. The summed E-state index contributed by atoms with van der Waals surface area (Å²) in [4.78, 5) is 55.9. The first-order valence-electron chi connectivity index (χ1n) is 14.3. The Balaban J connectivity index is 1.59. The minimum Gasteiger partial charge on any atom is -0.508 e. The fourth-order valence-corrected chi connectivity index (χ4v) is 4.74. The van der Waals surface area contributed by atoms with Crippen molar-refractivity contribution in [3.63, 3.8) is 0 Å². The summed E-state index contributed by atoms with van der Waals surface area (Å²) in [6.45, 7) is 12.7. The molecule has 1 fully saturated rings. The lowest BCUT2D eigenvalue weighted by Crippen LogP contribution is -2.51. The Morgan fingerprint density at radius 3 is 1.91 bits per heavy atom. The summed E-state index contributed by atoms with van der Waals surface area (Å²) in [6, 6.07) is 18.4. The highest BCUT2D eigenvalue weighted by Gasteiger charge is 2.30. The summed E-state index contributed by atoms with van der Waals surface area (Å²) in [5.74, 6) is -1.64. The van der Waals surface area contributed by atoms with Gasteiger partial charge in [0.25, 0.3) is 17.7 Å². The van der Waals surface area contributed by atoms with Crippen molar-refractivity contribution in [3.05, 3.63) is 89.0 Å². The number of ether oxygens (including phenoxy) is 1. The van der Waals surface area contributed by atoms with Crippen LogP contribution in [0.3, 0.4) is 0 Å². The molecule has 4 rings (SSSR count). The number of hydrogen-bond donors (Lipinski definition) is 2. The standard InChI is InChI=1S/C34H39N3O6/c1-33(2,3)25-13-10-22(11-14-25)29(39)35-30(40)28-21-24(23-8-7-9-26(38)20-23)12-15-27(28)31(41)36-16-18-37(19-17-36)32(42)43-34(4,5)6/h7-15,20-21,38H,16-19H2,1-6H3,(H,35,39,40). The molecule has 4 amide bonds. The van der Waals surface area contributed by atoms with Gasteiger partial charge in [0, 0.05) is 31.7 Å². The number of piperazine rings is 1. The number of phenolic OH excluding ortho intramolecular Hbond substituents is 1. The van der Waals surface area contributed by atoms with Crippen molar-refractivity contribution in [2.45, 2.75) is 52.6 Å². The normalized spacial score (nSPS) is 13.8. The molecule has 0 aliphatic carbocycles. The van der Waals surface area contributed by atoms with Gasteiger partial charge >= 0.3 is 6.09 Å². The zero-order valence-corrected chi connectivity index (χ0v) is 25.6. The molecule has 1 aliphatic heterocycles. The van der Waals surface area contributed by atoms with Gasteiger partial charge in [-0.2, -0.15) is 0 Å². The number of carbonyl (C=O) groups is 4. The van der Waals surface area contributed by atoms with Crippen LogP contribution in [0.25, 0.3) is 11.1 Å². The number of aromatic hydroxyl groups is 1. The van der Waals surface area contributed by atoms with Crippen molar-refractivity contribution in [1.29, 1.82) is 0 Å². The fourth-order valence-electron chi connectivity index (χ4n) is 4.74. The Labute approximate surface area is 252 Å². The molecule has 0 spiro atoms. The van der Waals surface area contributed by atoms with Crippen molar-refractivity contribution in [3.8, 4) is 16.9 Å². The van der Waals surface area contributed by atoms with Crippen molar-refractivity contribution in [2.24, 2.45) is 0 Å². The molecule has 9 heteroatoms. The van der Waals surface area contributed by atoms with E-state index in [1.54, 1.807) is 79.1 Å². The minimum absolute atomic E-state index is 0.0278. The summed E-state index contributed by atoms with van der Waals surface area (Å²) >= 11 is 0. The van der Waals surface area contributed by atoms with Gasteiger partial charge in [0.2, 0.25) is 0 Å². The maximum absolute atomic E-state index is 13.7. The largest absolute Gasteiger partial charge is 0.508 e. The van der Waals surface area contributed by atoms with E-state index >= 15 is 0 Å². The molecule has 43 heavy (non-hydrogen) atoms. The van der Waals surface area contributed by atoms with E-state index < -0.39 is 29.4 Å². The van der Waals surface area contributed by atoms with E-state index in [2.05, 4.69) is 26.1 Å². The van der Waals surface area contributed by atoms with Gasteiger partial charge in [0.15, 0.2) is 0 Å². The van der Waals surface area contributed by atoms with E-state index in [1.807, 2.05) is 12.1 Å². The van der Waals surface area contributed by atoms with E-state index in [-0.39, 0.29) is 48.5 Å². The first-order chi connectivity index (χ1) is 20.1. The number of rotatable bonds is 4. The van der Waals surface area contributed by atoms with Gasteiger partial charge < -0.3 is 19.6 Å². The molecule has 1 aliphatic rings. The molecule has 0 bridgehead atoms. The second-order valence-corrected chi connectivity index (χ2v) is 12.7. The third-order valence-corrected chi connectivity index (χ3v) is 7.13. The van der Waals surface area contributed by atoms with Crippen LogP contribution in [-0.4, -0.2) is 70.5 Å². The minimum atomic E-state index is -0.720. The number of phenols is 1. The maximum atomic E-state index is 13.7. The summed E-state index contributed by atoms with van der Waals surface area (Å²) in [5, 5.41) is 12.4. The van der Waals surface area contributed by atoms with Crippen LogP contribution in [0.1, 0.15) is 78.2 Å². The van der Waals surface area contributed by atoms with E-state index in [0.717, 1.165) is 5.56 Å². The van der Waals surface area contributed by atoms with Crippen molar-refractivity contribution in [1.82, 2.24) is 15.1 Å². The highest BCUT2D eigenvalue weighted by molar-refractivity contribution is 6.15. The third kappa shape index (κ3) is 7.80. The topological polar surface area (TPSA) is 116 Å². The Hall–Kier alpha value is -4.66. The van der Waals surface area contributed by atoms with Crippen LogP contribution in [-0.2, 0) is 10.2 Å². The predicted molar refractivity (Wildman–Crippen MR) is 164 cm³/mol. The molecule has 1 heterocycles. The molecule has 2 N–H and O–H groups in total. The third-order valence-electron chi connectivity index (χ3n) is 7.13. The van der Waals surface area contributed by atoms with Crippen LogP contribution in [0.15, 0.2) is 66.7 Å². The molecule has 0 aromatic heterocycles. The fraction of sp³-hybridized carbons (Fsp3) is 0.353. The zero-order valence-electron chi connectivity index (χ0n) is 25.6. The second kappa shape index (κ2) is 12.3. The summed E-state index contributed by atoms with van der Waals surface area (Å²) in [5.41, 5.74) is 2.03. The van der Waals surface area contributed by atoms with Gasteiger partial charge in [-0.25, -0.2) is 4.79 Å². The Morgan fingerprint density at radius 1 is 0.721 bits per heavy atom. The molecule has 0 atom stereocenters. The lowest BCUT2D eigenvalue weighted by Gasteiger charge is -2.35. The van der Waals surface area contributed by atoms with E-state index in [1.165, 1.54) is 6.07 Å². The van der Waals surface area contributed by atoms with Crippen LogP contribution < -0.4 is 5.32 Å². The summed E-state index contributed by atoms with van der Waals surface area (Å²) in [7, 11) is 0. The Morgan fingerprint density at radius 2 is 1.33 bits per heavy atom. The molecule has 0 unspecified atom stereocenters. The Kier molecular flexibility index (Phi) is 8.94. The molecule has 1 saturated heterocycles. The molecular weight excluding hydrogens is 546 g/mol.